The molecule has 1 aromatic heterocycles. The number of nitrogens with zero attached hydrogens (tertiary/aromatic N) is 2. The van der Waals surface area contributed by atoms with Crippen LogP contribution < -0.4 is 10.2 Å². The van der Waals surface area contributed by atoms with Crippen LogP contribution in [0.2, 0.25) is 5.15 Å². The zero-order valence-corrected chi connectivity index (χ0v) is 20.3. The number of aliphatic carboxylic acids is 1. The second kappa shape index (κ2) is 10.2. The van der Waals surface area contributed by atoms with Crippen LogP contribution in [0.3, 0.4) is 0 Å². The zero-order chi connectivity index (χ0) is 24.4. The van der Waals surface area contributed by atoms with Crippen molar-refractivity contribution in [2.75, 3.05) is 37.8 Å². The van der Waals surface area contributed by atoms with Gasteiger partial charge in [0.25, 0.3) is 0 Å². The fourth-order valence-corrected chi connectivity index (χ4v) is 5.88. The van der Waals surface area contributed by atoms with E-state index in [1.54, 1.807) is 0 Å². The summed E-state index contributed by atoms with van der Waals surface area (Å²) in [7, 11) is 0. The van der Waals surface area contributed by atoms with E-state index in [4.69, 9.17) is 21.1 Å². The summed E-state index contributed by atoms with van der Waals surface area (Å²) >= 11 is 7.63. The number of fused-ring (bicyclic) bond motifs is 3. The van der Waals surface area contributed by atoms with E-state index in [0.29, 0.717) is 31.2 Å². The lowest BCUT2D eigenvalue weighted by molar-refractivity contribution is -0.139. The number of anilines is 1. The number of halogens is 1. The third kappa shape index (κ3) is 4.98. The minimum Gasteiger partial charge on any atom is -0.480 e. The Morgan fingerprint density at radius 2 is 1.77 bits per heavy atom. The molecule has 1 aliphatic carbocycles. The van der Waals surface area contributed by atoms with Crippen LogP contribution in [0.1, 0.15) is 21.9 Å². The van der Waals surface area contributed by atoms with E-state index in [0.717, 1.165) is 27.4 Å². The first-order valence-electron chi connectivity index (χ1n) is 11.3. The quantitative estimate of drug-likeness (QED) is 0.489. The van der Waals surface area contributed by atoms with Crippen LogP contribution in [0.25, 0.3) is 11.1 Å². The van der Waals surface area contributed by atoms with Gasteiger partial charge in [-0.1, -0.05) is 60.1 Å². The van der Waals surface area contributed by atoms with Crippen molar-refractivity contribution in [1.82, 2.24) is 10.3 Å². The number of morpholine rings is 1. The monoisotopic (exact) mass is 513 g/mol. The summed E-state index contributed by atoms with van der Waals surface area (Å²) in [6, 6.07) is 14.9. The lowest BCUT2D eigenvalue weighted by Gasteiger charge is -2.25. The van der Waals surface area contributed by atoms with Crippen molar-refractivity contribution in [1.29, 1.82) is 0 Å². The van der Waals surface area contributed by atoms with Gasteiger partial charge in [-0.25, -0.2) is 14.6 Å². The number of hydrogen-bond acceptors (Lipinski definition) is 7. The summed E-state index contributed by atoms with van der Waals surface area (Å²) in [5.41, 5.74) is 4.42. The highest BCUT2D eigenvalue weighted by Crippen LogP contribution is 2.44. The van der Waals surface area contributed by atoms with E-state index >= 15 is 0 Å². The third-order valence-electron chi connectivity index (χ3n) is 6.24. The fourth-order valence-electron chi connectivity index (χ4n) is 4.51. The van der Waals surface area contributed by atoms with E-state index < -0.39 is 18.1 Å². The molecule has 182 valence electrons. The maximum Gasteiger partial charge on any atom is 0.407 e. The Labute approximate surface area is 211 Å². The molecule has 2 N–H and O–H groups in total. The van der Waals surface area contributed by atoms with Crippen molar-refractivity contribution in [3.8, 4) is 11.1 Å². The molecule has 0 spiro atoms. The van der Waals surface area contributed by atoms with Crippen molar-refractivity contribution < 1.29 is 24.2 Å². The number of aromatic nitrogens is 1. The average Bonchev–Trinajstić information content (AvgIpc) is 3.40. The number of amides is 1. The van der Waals surface area contributed by atoms with E-state index in [9.17, 15) is 14.7 Å². The highest BCUT2D eigenvalue weighted by Gasteiger charge is 2.30. The number of rotatable bonds is 7. The normalized spacial score (nSPS) is 15.9. The van der Waals surface area contributed by atoms with E-state index in [-0.39, 0.29) is 24.1 Å². The number of nitrogens with one attached hydrogen (secondary N) is 1. The molecule has 3 aromatic rings. The SMILES string of the molecule is O=C(NC(Cc1sc(N2CCOCC2)nc1Cl)C(=O)O)OCC1c2ccccc2-c2ccccc21. The Balaban J connectivity index is 1.23. The lowest BCUT2D eigenvalue weighted by Crippen LogP contribution is -2.42. The summed E-state index contributed by atoms with van der Waals surface area (Å²) in [6.45, 7) is 2.71. The number of carboxylic acids is 1. The summed E-state index contributed by atoms with van der Waals surface area (Å²) in [6.07, 6.45) is -0.770. The molecule has 8 nitrogen and oxygen atoms in total. The summed E-state index contributed by atoms with van der Waals surface area (Å²) in [5.74, 6) is -1.28. The van der Waals surface area contributed by atoms with Gasteiger partial charge in [-0.05, 0) is 22.3 Å². The molecule has 0 bridgehead atoms. The Morgan fingerprint density at radius 3 is 2.40 bits per heavy atom. The molecule has 0 saturated carbocycles. The topological polar surface area (TPSA) is 101 Å². The molecule has 2 heterocycles. The molecule has 35 heavy (non-hydrogen) atoms. The second-order valence-electron chi connectivity index (χ2n) is 8.37. The molecule has 10 heteroatoms. The summed E-state index contributed by atoms with van der Waals surface area (Å²) in [5, 5.41) is 13.2. The minimum absolute atomic E-state index is 0.0143. The molecule has 2 aliphatic rings. The average molecular weight is 514 g/mol. The molecule has 1 atom stereocenters. The molecular weight excluding hydrogens is 490 g/mol. The second-order valence-corrected chi connectivity index (χ2v) is 9.79. The molecule has 1 amide bonds. The first-order valence-corrected chi connectivity index (χ1v) is 12.5. The van der Waals surface area contributed by atoms with Gasteiger partial charge in [-0.3, -0.25) is 0 Å². The highest BCUT2D eigenvalue weighted by atomic mass is 35.5. The van der Waals surface area contributed by atoms with Gasteiger partial charge in [-0.2, -0.15) is 0 Å². The minimum atomic E-state index is -1.19. The van der Waals surface area contributed by atoms with E-state index in [1.165, 1.54) is 11.3 Å². The molecule has 5 rings (SSSR count). The smallest absolute Gasteiger partial charge is 0.407 e. The Morgan fingerprint density at radius 1 is 1.14 bits per heavy atom. The van der Waals surface area contributed by atoms with Gasteiger partial charge in [0.2, 0.25) is 0 Å². The lowest BCUT2D eigenvalue weighted by atomic mass is 9.98. The van der Waals surface area contributed by atoms with Gasteiger partial charge < -0.3 is 24.8 Å². The predicted molar refractivity (Wildman–Crippen MR) is 133 cm³/mol. The van der Waals surface area contributed by atoms with Gasteiger partial charge in [0.05, 0.1) is 13.2 Å². The van der Waals surface area contributed by atoms with Crippen LogP contribution in [0.15, 0.2) is 48.5 Å². The molecule has 1 unspecified atom stereocenters. The van der Waals surface area contributed by atoms with Crippen LogP contribution in [0.5, 0.6) is 0 Å². The number of hydrogen-bond donors (Lipinski definition) is 2. The van der Waals surface area contributed by atoms with Crippen LogP contribution in [0.4, 0.5) is 9.93 Å². The van der Waals surface area contributed by atoms with E-state index in [1.807, 2.05) is 36.4 Å². The number of thiazole rings is 1. The molecular formula is C25H24ClN3O5S. The molecule has 2 aromatic carbocycles. The van der Waals surface area contributed by atoms with Gasteiger partial charge in [0.15, 0.2) is 5.13 Å². The number of carbonyl (C=O) groups is 2. The first kappa shape index (κ1) is 23.6. The van der Waals surface area contributed by atoms with Crippen molar-refractivity contribution in [2.45, 2.75) is 18.4 Å². The van der Waals surface area contributed by atoms with Crippen LogP contribution in [-0.2, 0) is 20.7 Å². The van der Waals surface area contributed by atoms with Crippen molar-refractivity contribution in [3.05, 3.63) is 69.7 Å². The highest BCUT2D eigenvalue weighted by molar-refractivity contribution is 7.16. The number of carbonyl (C=O) groups excluding carboxylic acids is 1. The Kier molecular flexibility index (Phi) is 6.90. The number of ether oxygens (including phenoxy) is 2. The first-order chi connectivity index (χ1) is 17.0. The molecule has 1 aliphatic heterocycles. The number of carboxylic acid groups (broad SMARTS) is 1. The van der Waals surface area contributed by atoms with Crippen molar-refractivity contribution in [3.63, 3.8) is 0 Å². The largest absolute Gasteiger partial charge is 0.480 e. The predicted octanol–water partition coefficient (Wildman–Crippen LogP) is 4.17. The molecule has 1 fully saturated rings. The van der Waals surface area contributed by atoms with Crippen molar-refractivity contribution in [2.24, 2.45) is 0 Å². The van der Waals surface area contributed by atoms with Gasteiger partial charge in [-0.15, -0.1) is 11.3 Å². The maximum atomic E-state index is 12.6. The third-order valence-corrected chi connectivity index (χ3v) is 7.81. The zero-order valence-electron chi connectivity index (χ0n) is 18.8. The Bertz CT molecular complexity index is 1200. The molecule has 1 saturated heterocycles. The van der Waals surface area contributed by atoms with Gasteiger partial charge in [0.1, 0.15) is 17.8 Å². The number of benzene rings is 2. The van der Waals surface area contributed by atoms with Gasteiger partial charge in [0, 0.05) is 30.3 Å². The maximum absolute atomic E-state index is 12.6. The van der Waals surface area contributed by atoms with Crippen molar-refractivity contribution >= 4 is 40.1 Å². The standard InChI is InChI=1S/C25H24ClN3O5S/c26-22-21(35-24(28-22)29-9-11-33-12-10-29)13-20(23(30)31)27-25(32)34-14-19-17-7-3-1-5-15(17)16-6-2-4-8-18(16)19/h1-8,19-20H,9-14H2,(H,27,32)(H,30,31). The molecule has 0 radical (unpaired) electrons. The summed E-state index contributed by atoms with van der Waals surface area (Å²) < 4.78 is 10.9. The Hall–Kier alpha value is -3.14. The van der Waals surface area contributed by atoms with E-state index in [2.05, 4.69) is 27.3 Å². The van der Waals surface area contributed by atoms with Crippen LogP contribution >= 0.6 is 22.9 Å². The fraction of sp³-hybridized carbons (Fsp3) is 0.320. The summed E-state index contributed by atoms with van der Waals surface area (Å²) in [4.78, 5) is 31.5. The van der Waals surface area contributed by atoms with Crippen LogP contribution in [0, 0.1) is 0 Å². The van der Waals surface area contributed by atoms with Gasteiger partial charge >= 0.3 is 12.1 Å². The van der Waals surface area contributed by atoms with Crippen LogP contribution in [-0.4, -0.2) is 61.1 Å². The number of alkyl carbamates (subject to hydrolysis) is 1.